The number of rotatable bonds is 7. The zero-order valence-corrected chi connectivity index (χ0v) is 14.7. The lowest BCUT2D eigenvalue weighted by atomic mass is 10.1. The van der Waals surface area contributed by atoms with Crippen LogP contribution in [0, 0.1) is 5.92 Å². The van der Waals surface area contributed by atoms with Gasteiger partial charge in [-0.05, 0) is 30.4 Å². The molecule has 0 aromatic heterocycles. The summed E-state index contributed by atoms with van der Waals surface area (Å²) in [5, 5.41) is 3.61. The molecular formula is C19H25ClN2O2. The summed E-state index contributed by atoms with van der Waals surface area (Å²) in [6.07, 6.45) is 3.10. The molecule has 0 bridgehead atoms. The molecule has 3 rings (SSSR count). The van der Waals surface area contributed by atoms with Crippen LogP contribution in [0.5, 0.6) is 0 Å². The Morgan fingerprint density at radius 2 is 2.17 bits per heavy atom. The molecule has 4 nitrogen and oxygen atoms in total. The maximum absolute atomic E-state index is 12.4. The van der Waals surface area contributed by atoms with Gasteiger partial charge in [0.1, 0.15) is 0 Å². The highest BCUT2D eigenvalue weighted by Crippen LogP contribution is 2.35. The predicted molar refractivity (Wildman–Crippen MR) is 96.0 cm³/mol. The summed E-state index contributed by atoms with van der Waals surface area (Å²) in [6, 6.07) is 8.69. The summed E-state index contributed by atoms with van der Waals surface area (Å²) in [7, 11) is 0. The number of ether oxygens (including phenoxy) is 1. The van der Waals surface area contributed by atoms with Crippen molar-refractivity contribution in [3.8, 4) is 0 Å². The molecular weight excluding hydrogens is 324 g/mol. The van der Waals surface area contributed by atoms with Crippen molar-refractivity contribution in [1.82, 2.24) is 10.2 Å². The number of halogens is 1. The molecule has 0 radical (unpaired) electrons. The fourth-order valence-corrected chi connectivity index (χ4v) is 3.81. The first kappa shape index (κ1) is 17.5. The van der Waals surface area contributed by atoms with Gasteiger partial charge < -0.3 is 10.1 Å². The Labute approximate surface area is 148 Å². The van der Waals surface area contributed by atoms with Gasteiger partial charge in [0.15, 0.2) is 0 Å². The summed E-state index contributed by atoms with van der Waals surface area (Å²) in [4.78, 5) is 14.5. The molecule has 1 aromatic carbocycles. The van der Waals surface area contributed by atoms with Gasteiger partial charge in [0.2, 0.25) is 5.91 Å². The summed E-state index contributed by atoms with van der Waals surface area (Å²) in [5.41, 5.74) is 2.68. The SMILES string of the molecule is C=C(Cl)CN(CC(=O)NC[C@@H]1CCOC1)[C@@H]1CCc2ccccc21. The van der Waals surface area contributed by atoms with Crippen LogP contribution < -0.4 is 5.32 Å². The van der Waals surface area contributed by atoms with E-state index in [0.717, 1.165) is 32.5 Å². The number of carbonyl (C=O) groups excluding carboxylic acids is 1. The Bertz CT molecular complexity index is 599. The highest BCUT2D eigenvalue weighted by molar-refractivity contribution is 6.29. The van der Waals surface area contributed by atoms with E-state index in [0.29, 0.717) is 30.6 Å². The van der Waals surface area contributed by atoms with E-state index in [-0.39, 0.29) is 11.9 Å². The van der Waals surface area contributed by atoms with Crippen LogP contribution in [-0.2, 0) is 16.0 Å². The Hall–Kier alpha value is -1.36. The molecule has 2 aliphatic rings. The van der Waals surface area contributed by atoms with Crippen LogP contribution in [-0.4, -0.2) is 43.7 Å². The summed E-state index contributed by atoms with van der Waals surface area (Å²) >= 11 is 6.06. The van der Waals surface area contributed by atoms with Crippen LogP contribution in [0.3, 0.4) is 0 Å². The average Bonchev–Trinajstić information content (AvgIpc) is 3.21. The van der Waals surface area contributed by atoms with Crippen molar-refractivity contribution in [3.63, 3.8) is 0 Å². The summed E-state index contributed by atoms with van der Waals surface area (Å²) in [5.74, 6) is 0.488. The van der Waals surface area contributed by atoms with E-state index in [2.05, 4.69) is 41.1 Å². The molecule has 0 spiro atoms. The van der Waals surface area contributed by atoms with Gasteiger partial charge in [-0.25, -0.2) is 0 Å². The van der Waals surface area contributed by atoms with Crippen LogP contribution in [0.1, 0.15) is 30.0 Å². The zero-order valence-electron chi connectivity index (χ0n) is 14.0. The number of carbonyl (C=O) groups is 1. The van der Waals surface area contributed by atoms with Crippen LogP contribution in [0.2, 0.25) is 0 Å². The van der Waals surface area contributed by atoms with Crippen LogP contribution >= 0.6 is 11.6 Å². The van der Waals surface area contributed by atoms with Crippen LogP contribution in [0.15, 0.2) is 35.9 Å². The number of nitrogens with zero attached hydrogens (tertiary/aromatic N) is 1. The highest BCUT2D eigenvalue weighted by atomic mass is 35.5. The monoisotopic (exact) mass is 348 g/mol. The number of benzene rings is 1. The van der Waals surface area contributed by atoms with Gasteiger partial charge >= 0.3 is 0 Å². The van der Waals surface area contributed by atoms with Crippen molar-refractivity contribution >= 4 is 17.5 Å². The average molecular weight is 349 g/mol. The standard InChI is InChI=1S/C19H25ClN2O2/c1-14(20)11-22(12-19(23)21-10-15-8-9-24-13-15)18-7-6-16-4-2-3-5-17(16)18/h2-5,15,18H,1,6-13H2,(H,21,23)/t15-,18+/m0/s1. The van der Waals surface area contributed by atoms with Gasteiger partial charge in [-0.1, -0.05) is 42.4 Å². The molecule has 0 unspecified atom stereocenters. The van der Waals surface area contributed by atoms with Crippen molar-refractivity contribution in [1.29, 1.82) is 0 Å². The molecule has 1 fully saturated rings. The predicted octanol–water partition coefficient (Wildman–Crippen LogP) is 2.88. The molecule has 2 atom stereocenters. The van der Waals surface area contributed by atoms with E-state index >= 15 is 0 Å². The third kappa shape index (κ3) is 4.38. The second kappa shape index (κ2) is 8.15. The van der Waals surface area contributed by atoms with Gasteiger partial charge in [-0.3, -0.25) is 9.69 Å². The minimum Gasteiger partial charge on any atom is -0.381 e. The molecule has 5 heteroatoms. The first-order valence-electron chi connectivity index (χ1n) is 8.63. The Balaban J connectivity index is 1.61. The van der Waals surface area contributed by atoms with E-state index in [9.17, 15) is 4.79 Å². The lowest BCUT2D eigenvalue weighted by Gasteiger charge is -2.29. The fraction of sp³-hybridized carbons (Fsp3) is 0.526. The maximum atomic E-state index is 12.4. The number of hydrogen-bond acceptors (Lipinski definition) is 3. The van der Waals surface area contributed by atoms with E-state index in [1.165, 1.54) is 11.1 Å². The number of aryl methyl sites for hydroxylation is 1. The van der Waals surface area contributed by atoms with Gasteiger partial charge in [-0.2, -0.15) is 0 Å². The molecule has 1 N–H and O–H groups in total. The zero-order chi connectivity index (χ0) is 16.9. The molecule has 1 heterocycles. The van der Waals surface area contributed by atoms with Gasteiger partial charge in [-0.15, -0.1) is 0 Å². The number of nitrogens with one attached hydrogen (secondary N) is 1. The lowest BCUT2D eigenvalue weighted by Crippen LogP contribution is -2.41. The van der Waals surface area contributed by atoms with E-state index in [4.69, 9.17) is 16.3 Å². The maximum Gasteiger partial charge on any atom is 0.234 e. The molecule has 24 heavy (non-hydrogen) atoms. The first-order valence-corrected chi connectivity index (χ1v) is 9.01. The Kier molecular flexibility index (Phi) is 5.93. The molecule has 1 aliphatic heterocycles. The molecule has 1 amide bonds. The molecule has 1 saturated heterocycles. The third-order valence-electron chi connectivity index (χ3n) is 4.88. The minimum absolute atomic E-state index is 0.0456. The van der Waals surface area contributed by atoms with Crippen molar-refractivity contribution in [2.24, 2.45) is 5.92 Å². The summed E-state index contributed by atoms with van der Waals surface area (Å²) < 4.78 is 5.35. The Morgan fingerprint density at radius 3 is 2.92 bits per heavy atom. The smallest absolute Gasteiger partial charge is 0.234 e. The highest BCUT2D eigenvalue weighted by Gasteiger charge is 2.29. The minimum atomic E-state index is 0.0456. The Morgan fingerprint density at radius 1 is 1.33 bits per heavy atom. The summed E-state index contributed by atoms with van der Waals surface area (Å²) in [6.45, 7) is 6.93. The van der Waals surface area contributed by atoms with Crippen molar-refractivity contribution in [3.05, 3.63) is 47.0 Å². The fourth-order valence-electron chi connectivity index (χ4n) is 3.65. The van der Waals surface area contributed by atoms with Gasteiger partial charge in [0.25, 0.3) is 0 Å². The largest absolute Gasteiger partial charge is 0.381 e. The second-order valence-electron chi connectivity index (χ2n) is 6.71. The number of amides is 1. The van der Waals surface area contributed by atoms with E-state index in [1.54, 1.807) is 0 Å². The quantitative estimate of drug-likeness (QED) is 0.823. The van der Waals surface area contributed by atoms with Crippen molar-refractivity contribution in [2.75, 3.05) is 32.8 Å². The molecule has 1 aromatic rings. The van der Waals surface area contributed by atoms with Crippen LogP contribution in [0.4, 0.5) is 0 Å². The molecule has 130 valence electrons. The van der Waals surface area contributed by atoms with E-state index < -0.39 is 0 Å². The topological polar surface area (TPSA) is 41.6 Å². The normalized spacial score (nSPS) is 22.6. The van der Waals surface area contributed by atoms with Crippen LogP contribution in [0.25, 0.3) is 0 Å². The first-order chi connectivity index (χ1) is 11.6. The number of fused-ring (bicyclic) bond motifs is 1. The van der Waals surface area contributed by atoms with Crippen molar-refractivity contribution < 1.29 is 9.53 Å². The lowest BCUT2D eigenvalue weighted by molar-refractivity contribution is -0.122. The second-order valence-corrected chi connectivity index (χ2v) is 7.24. The number of hydrogen-bond donors (Lipinski definition) is 1. The van der Waals surface area contributed by atoms with Gasteiger partial charge in [0, 0.05) is 36.7 Å². The molecule has 0 saturated carbocycles. The third-order valence-corrected chi connectivity index (χ3v) is 4.99. The van der Waals surface area contributed by atoms with E-state index in [1.807, 2.05) is 0 Å². The molecule has 1 aliphatic carbocycles. The van der Waals surface area contributed by atoms with Crippen molar-refractivity contribution in [2.45, 2.75) is 25.3 Å². The van der Waals surface area contributed by atoms with Gasteiger partial charge in [0.05, 0.1) is 13.2 Å².